The number of hydrogen-bond acceptors (Lipinski definition) is 5. The summed E-state index contributed by atoms with van der Waals surface area (Å²) >= 11 is 0. The first-order chi connectivity index (χ1) is 22.3. The number of esters is 1. The molecule has 1 unspecified atom stereocenters. The van der Waals surface area contributed by atoms with Crippen LogP contribution in [0.15, 0.2) is 114 Å². The minimum atomic E-state index is -0.805. The summed E-state index contributed by atoms with van der Waals surface area (Å²) in [6, 6.07) is 36.7. The monoisotopic (exact) mass is 689 g/mol. The molecule has 4 aromatic carbocycles. The van der Waals surface area contributed by atoms with Crippen molar-refractivity contribution in [2.45, 2.75) is 38.6 Å². The summed E-state index contributed by atoms with van der Waals surface area (Å²) in [5.41, 5.74) is 16.6. The number of nitrogens with zero attached hydrogens (tertiary/aromatic N) is 3. The van der Waals surface area contributed by atoms with E-state index >= 15 is 0 Å². The molecule has 48 heavy (non-hydrogen) atoms. The Morgan fingerprint density at radius 2 is 1.52 bits per heavy atom. The molecule has 4 aromatic rings. The lowest BCUT2D eigenvalue weighted by Crippen LogP contribution is -2.40. The van der Waals surface area contributed by atoms with E-state index in [2.05, 4.69) is 52.4 Å². The molecule has 8 nitrogen and oxygen atoms in total. The second kappa shape index (κ2) is 18.1. The van der Waals surface area contributed by atoms with E-state index in [1.807, 2.05) is 71.6 Å². The number of benzene rings is 4. The zero-order chi connectivity index (χ0) is 32.4. The molecule has 0 saturated carbocycles. The van der Waals surface area contributed by atoms with Crippen molar-refractivity contribution >= 4 is 54.0 Å². The van der Waals surface area contributed by atoms with Crippen LogP contribution < -0.4 is 16.4 Å². The molecule has 0 aliphatic carbocycles. The average molecular weight is 691 g/mol. The molecule has 10 heteroatoms. The van der Waals surface area contributed by atoms with E-state index in [0.29, 0.717) is 44.7 Å². The molecule has 5 rings (SSSR count). The zero-order valence-corrected chi connectivity index (χ0v) is 28.9. The second-order valence-electron chi connectivity index (χ2n) is 12.0. The van der Waals surface area contributed by atoms with Crippen molar-refractivity contribution in [3.63, 3.8) is 0 Å². The molecule has 1 heterocycles. The van der Waals surface area contributed by atoms with Gasteiger partial charge in [-0.05, 0) is 72.2 Å². The van der Waals surface area contributed by atoms with E-state index in [-0.39, 0.29) is 49.1 Å². The third-order valence-corrected chi connectivity index (χ3v) is 8.77. The van der Waals surface area contributed by atoms with Crippen LogP contribution in [0.3, 0.4) is 0 Å². The number of amides is 1. The first-order valence-corrected chi connectivity index (χ1v) is 15.8. The van der Waals surface area contributed by atoms with Crippen molar-refractivity contribution in [2.24, 2.45) is 21.9 Å². The van der Waals surface area contributed by atoms with E-state index in [0.717, 1.165) is 35.2 Å². The summed E-state index contributed by atoms with van der Waals surface area (Å²) in [4.78, 5) is 35.2. The number of ether oxygens (including phenoxy) is 1. The Balaban J connectivity index is 0.00000312. The Labute approximate surface area is 296 Å². The molecule has 1 amide bonds. The molecule has 1 atom stereocenters. The van der Waals surface area contributed by atoms with Gasteiger partial charge in [-0.2, -0.15) is 0 Å². The quantitative estimate of drug-likeness (QED) is 0.0845. The fraction of sp³-hybridized carbons (Fsp3) is 0.289. The standard InChI is InChI=1S/C38H43N5O3.2ClH/c1-46-35(44)27-38(20-23-42(36(38)45)22-10-15-29-11-4-2-5-12-29)21-24-43(28-30-13-6-3-7-14-30)34-19-9-17-32(26-34)31-16-8-18-33(25-31)41-37(39)40;;/h2-9,11-14,16-19,25-26H,10,15,20-24,27-28H2,1H3,(H4,39,40,41);2*1H. The van der Waals surface area contributed by atoms with E-state index in [4.69, 9.17) is 16.2 Å². The number of likely N-dealkylation sites (tertiary alicyclic amines) is 1. The van der Waals surface area contributed by atoms with Gasteiger partial charge >= 0.3 is 5.97 Å². The van der Waals surface area contributed by atoms with Gasteiger partial charge in [-0.3, -0.25) is 9.59 Å². The highest BCUT2D eigenvalue weighted by atomic mass is 35.5. The summed E-state index contributed by atoms with van der Waals surface area (Å²) < 4.78 is 5.10. The number of aliphatic imine (C=N–C) groups is 1. The number of guanidine groups is 1. The van der Waals surface area contributed by atoms with Gasteiger partial charge in [0.1, 0.15) is 0 Å². The summed E-state index contributed by atoms with van der Waals surface area (Å²) in [7, 11) is 1.39. The van der Waals surface area contributed by atoms with Crippen LogP contribution in [0.5, 0.6) is 0 Å². The maximum atomic E-state index is 14.0. The molecule has 0 radical (unpaired) electrons. The van der Waals surface area contributed by atoms with E-state index in [1.54, 1.807) is 0 Å². The van der Waals surface area contributed by atoms with Gasteiger partial charge in [0.25, 0.3) is 0 Å². The van der Waals surface area contributed by atoms with Crippen LogP contribution in [0.4, 0.5) is 11.4 Å². The highest BCUT2D eigenvalue weighted by Gasteiger charge is 2.48. The van der Waals surface area contributed by atoms with Gasteiger partial charge in [0.05, 0.1) is 24.6 Å². The van der Waals surface area contributed by atoms with Crippen molar-refractivity contribution in [2.75, 3.05) is 31.6 Å². The number of anilines is 1. The SMILES string of the molecule is COC(=O)CC1(CCN(Cc2ccccc2)c2cccc(-c3cccc(N=C(N)N)c3)c2)CCN(CCCc2ccccc2)C1=O.Cl.Cl. The molecule has 4 N–H and O–H groups in total. The molecule has 1 aliphatic rings. The van der Waals surface area contributed by atoms with Crippen LogP contribution in [-0.4, -0.2) is 49.5 Å². The highest BCUT2D eigenvalue weighted by molar-refractivity contribution is 5.89. The number of carbonyl (C=O) groups is 2. The van der Waals surface area contributed by atoms with E-state index in [9.17, 15) is 9.59 Å². The molecule has 0 aromatic heterocycles. The lowest BCUT2D eigenvalue weighted by Gasteiger charge is -2.32. The first-order valence-electron chi connectivity index (χ1n) is 15.8. The van der Waals surface area contributed by atoms with E-state index < -0.39 is 5.41 Å². The second-order valence-corrected chi connectivity index (χ2v) is 12.0. The Morgan fingerprint density at radius 3 is 2.19 bits per heavy atom. The number of methoxy groups -OCH3 is 1. The van der Waals surface area contributed by atoms with Crippen LogP contribution in [0.1, 0.15) is 36.8 Å². The van der Waals surface area contributed by atoms with Crippen molar-refractivity contribution in [3.8, 4) is 11.1 Å². The number of rotatable bonds is 14. The minimum Gasteiger partial charge on any atom is -0.469 e. The lowest BCUT2D eigenvalue weighted by atomic mass is 9.79. The van der Waals surface area contributed by atoms with Gasteiger partial charge < -0.3 is 26.0 Å². The maximum Gasteiger partial charge on any atom is 0.306 e. The fourth-order valence-electron chi connectivity index (χ4n) is 6.30. The van der Waals surface area contributed by atoms with Crippen LogP contribution in [-0.2, 0) is 27.3 Å². The molecule has 1 aliphatic heterocycles. The Bertz CT molecular complexity index is 1650. The lowest BCUT2D eigenvalue weighted by molar-refractivity contribution is -0.149. The third-order valence-electron chi connectivity index (χ3n) is 8.77. The molecule has 1 saturated heterocycles. The molecular weight excluding hydrogens is 645 g/mol. The third kappa shape index (κ3) is 9.99. The highest BCUT2D eigenvalue weighted by Crippen LogP contribution is 2.40. The van der Waals surface area contributed by atoms with Crippen molar-refractivity contribution < 1.29 is 14.3 Å². The van der Waals surface area contributed by atoms with Crippen molar-refractivity contribution in [1.82, 2.24) is 4.90 Å². The molecule has 1 fully saturated rings. The van der Waals surface area contributed by atoms with Gasteiger partial charge in [0.2, 0.25) is 5.91 Å². The van der Waals surface area contributed by atoms with Crippen LogP contribution >= 0.6 is 24.8 Å². The summed E-state index contributed by atoms with van der Waals surface area (Å²) in [6.07, 6.45) is 3.02. The van der Waals surface area contributed by atoms with Gasteiger partial charge in [-0.25, -0.2) is 4.99 Å². The molecular formula is C38H45Cl2N5O3. The predicted molar refractivity (Wildman–Crippen MR) is 199 cm³/mol. The van der Waals surface area contributed by atoms with E-state index in [1.165, 1.54) is 12.7 Å². The number of hydrogen-bond donors (Lipinski definition) is 2. The predicted octanol–water partition coefficient (Wildman–Crippen LogP) is 6.91. The number of halogens is 2. The minimum absolute atomic E-state index is 0. The number of nitrogens with two attached hydrogens (primary N) is 2. The van der Waals surface area contributed by atoms with Gasteiger partial charge in [-0.15, -0.1) is 24.8 Å². The summed E-state index contributed by atoms with van der Waals surface area (Å²) in [5, 5.41) is 0. The molecule has 254 valence electrons. The summed E-state index contributed by atoms with van der Waals surface area (Å²) in [5.74, 6) is -0.287. The van der Waals surface area contributed by atoms with Crippen LogP contribution in [0.25, 0.3) is 11.1 Å². The van der Waals surface area contributed by atoms with Crippen molar-refractivity contribution in [1.29, 1.82) is 0 Å². The smallest absolute Gasteiger partial charge is 0.306 e. The first kappa shape index (κ1) is 37.9. The molecule has 0 spiro atoms. The van der Waals surface area contributed by atoms with Gasteiger partial charge in [0, 0.05) is 31.9 Å². The van der Waals surface area contributed by atoms with Crippen molar-refractivity contribution in [3.05, 3.63) is 120 Å². The Kier molecular flexibility index (Phi) is 14.3. The Hall–Kier alpha value is -4.53. The normalized spacial score (nSPS) is 15.2. The summed E-state index contributed by atoms with van der Waals surface area (Å²) in [6.45, 7) is 2.56. The Morgan fingerprint density at radius 1 is 0.875 bits per heavy atom. The maximum absolute atomic E-state index is 14.0. The fourth-order valence-corrected chi connectivity index (χ4v) is 6.30. The number of carbonyl (C=O) groups excluding carboxylic acids is 2. The van der Waals surface area contributed by atoms with Gasteiger partial charge in [-0.1, -0.05) is 84.9 Å². The van der Waals surface area contributed by atoms with Gasteiger partial charge in [0.15, 0.2) is 5.96 Å². The number of aryl methyl sites for hydroxylation is 1. The molecule has 0 bridgehead atoms. The largest absolute Gasteiger partial charge is 0.469 e. The average Bonchev–Trinajstić information content (AvgIpc) is 3.37. The van der Waals surface area contributed by atoms with Crippen LogP contribution in [0.2, 0.25) is 0 Å². The topological polar surface area (TPSA) is 114 Å². The zero-order valence-electron chi connectivity index (χ0n) is 27.3. The van der Waals surface area contributed by atoms with Crippen LogP contribution in [0, 0.1) is 5.41 Å².